The van der Waals surface area contributed by atoms with E-state index in [0.29, 0.717) is 0 Å². The standard InChI is InChI=1S/C5H12N2O2/c1-3(7)5(9)4(8)2-6/h3-4,8H,2,6-7H2,1H3. The van der Waals surface area contributed by atoms with E-state index >= 15 is 0 Å². The molecule has 0 bridgehead atoms. The number of aliphatic hydroxyl groups is 1. The Morgan fingerprint density at radius 1 is 1.78 bits per heavy atom. The summed E-state index contributed by atoms with van der Waals surface area (Å²) in [4.78, 5) is 10.6. The molecule has 0 aromatic carbocycles. The fourth-order valence-corrected chi connectivity index (χ4v) is 0.420. The Labute approximate surface area is 53.8 Å². The lowest BCUT2D eigenvalue weighted by molar-refractivity contribution is -0.127. The van der Waals surface area contributed by atoms with Gasteiger partial charge in [0.25, 0.3) is 0 Å². The van der Waals surface area contributed by atoms with Crippen molar-refractivity contribution in [1.29, 1.82) is 0 Å². The zero-order chi connectivity index (χ0) is 7.44. The molecule has 4 nitrogen and oxygen atoms in total. The van der Waals surface area contributed by atoms with Gasteiger partial charge in [0.05, 0.1) is 6.04 Å². The summed E-state index contributed by atoms with van der Waals surface area (Å²) in [6.07, 6.45) is -1.09. The minimum atomic E-state index is -1.09. The predicted octanol–water partition coefficient (Wildman–Crippen LogP) is -1.78. The Morgan fingerprint density at radius 2 is 2.22 bits per heavy atom. The van der Waals surface area contributed by atoms with Crippen LogP contribution < -0.4 is 11.5 Å². The molecule has 5 N–H and O–H groups in total. The second-order valence-corrected chi connectivity index (χ2v) is 1.94. The van der Waals surface area contributed by atoms with E-state index in [9.17, 15) is 4.79 Å². The number of carbonyl (C=O) groups is 1. The summed E-state index contributed by atoms with van der Waals surface area (Å²) in [6, 6.07) is -0.622. The SMILES string of the molecule is CC(N)C(=O)C(O)CN. The van der Waals surface area contributed by atoms with Gasteiger partial charge in [-0.1, -0.05) is 0 Å². The van der Waals surface area contributed by atoms with Crippen molar-refractivity contribution in [2.75, 3.05) is 6.54 Å². The van der Waals surface area contributed by atoms with Crippen LogP contribution in [0.3, 0.4) is 0 Å². The van der Waals surface area contributed by atoms with E-state index in [2.05, 4.69) is 0 Å². The molecule has 0 radical (unpaired) electrons. The highest BCUT2D eigenvalue weighted by Crippen LogP contribution is 1.86. The molecular formula is C5H12N2O2. The Kier molecular flexibility index (Phi) is 3.37. The lowest BCUT2D eigenvalue weighted by atomic mass is 10.1. The first kappa shape index (κ1) is 8.55. The third kappa shape index (κ3) is 2.55. The van der Waals surface area contributed by atoms with E-state index in [0.717, 1.165) is 0 Å². The zero-order valence-electron chi connectivity index (χ0n) is 5.37. The van der Waals surface area contributed by atoms with Gasteiger partial charge in [0.2, 0.25) is 0 Å². The molecule has 0 aromatic rings. The average molecular weight is 132 g/mol. The molecule has 0 rings (SSSR count). The normalized spacial score (nSPS) is 16.9. The fourth-order valence-electron chi connectivity index (χ4n) is 0.420. The van der Waals surface area contributed by atoms with Crippen molar-refractivity contribution in [2.45, 2.75) is 19.1 Å². The van der Waals surface area contributed by atoms with E-state index in [-0.39, 0.29) is 6.54 Å². The molecule has 54 valence electrons. The fraction of sp³-hybridized carbons (Fsp3) is 0.800. The maximum Gasteiger partial charge on any atom is 0.178 e. The van der Waals surface area contributed by atoms with Crippen molar-refractivity contribution in [3.8, 4) is 0 Å². The lowest BCUT2D eigenvalue weighted by Gasteiger charge is -2.07. The zero-order valence-corrected chi connectivity index (χ0v) is 5.37. The molecule has 2 atom stereocenters. The van der Waals surface area contributed by atoms with Crippen LogP contribution in [-0.2, 0) is 4.79 Å². The van der Waals surface area contributed by atoms with Crippen LogP contribution >= 0.6 is 0 Å². The molecule has 0 amide bonds. The van der Waals surface area contributed by atoms with Gasteiger partial charge in [-0.2, -0.15) is 0 Å². The highest BCUT2D eigenvalue weighted by Gasteiger charge is 2.15. The third-order valence-corrected chi connectivity index (χ3v) is 1.00. The predicted molar refractivity (Wildman–Crippen MR) is 33.7 cm³/mol. The highest BCUT2D eigenvalue weighted by atomic mass is 16.3. The number of aliphatic hydroxyl groups excluding tert-OH is 1. The Balaban J connectivity index is 3.73. The van der Waals surface area contributed by atoms with Crippen LogP contribution in [0.1, 0.15) is 6.92 Å². The van der Waals surface area contributed by atoms with Gasteiger partial charge in [-0.3, -0.25) is 4.79 Å². The van der Waals surface area contributed by atoms with Gasteiger partial charge >= 0.3 is 0 Å². The topological polar surface area (TPSA) is 89.3 Å². The van der Waals surface area contributed by atoms with Gasteiger partial charge < -0.3 is 16.6 Å². The van der Waals surface area contributed by atoms with Crippen LogP contribution in [0.15, 0.2) is 0 Å². The number of carbonyl (C=O) groups excluding carboxylic acids is 1. The van der Waals surface area contributed by atoms with E-state index < -0.39 is 17.9 Å². The smallest absolute Gasteiger partial charge is 0.178 e. The van der Waals surface area contributed by atoms with Crippen molar-refractivity contribution >= 4 is 5.78 Å². The van der Waals surface area contributed by atoms with Crippen molar-refractivity contribution in [3.05, 3.63) is 0 Å². The van der Waals surface area contributed by atoms with Crippen molar-refractivity contribution in [2.24, 2.45) is 11.5 Å². The molecule has 0 fully saturated rings. The highest BCUT2D eigenvalue weighted by molar-refractivity contribution is 5.87. The van der Waals surface area contributed by atoms with Gasteiger partial charge in [-0.25, -0.2) is 0 Å². The summed E-state index contributed by atoms with van der Waals surface area (Å²) in [6.45, 7) is 1.46. The first-order chi connectivity index (χ1) is 4.09. The maximum absolute atomic E-state index is 10.6. The Hall–Kier alpha value is -0.450. The molecule has 0 spiro atoms. The quantitative estimate of drug-likeness (QED) is 0.423. The first-order valence-corrected chi connectivity index (χ1v) is 2.77. The molecule has 0 aliphatic rings. The van der Waals surface area contributed by atoms with Crippen LogP contribution in [0, 0.1) is 0 Å². The van der Waals surface area contributed by atoms with Gasteiger partial charge in [-0.05, 0) is 6.92 Å². The van der Waals surface area contributed by atoms with Crippen LogP contribution in [-0.4, -0.2) is 29.6 Å². The average Bonchev–Trinajstić information content (AvgIpc) is 1.84. The van der Waals surface area contributed by atoms with Crippen LogP contribution in [0.4, 0.5) is 0 Å². The van der Waals surface area contributed by atoms with E-state index in [1.807, 2.05) is 0 Å². The summed E-state index contributed by atoms with van der Waals surface area (Å²) >= 11 is 0. The van der Waals surface area contributed by atoms with E-state index in [1.165, 1.54) is 6.92 Å². The van der Waals surface area contributed by atoms with Gasteiger partial charge in [0.1, 0.15) is 6.10 Å². The monoisotopic (exact) mass is 132 g/mol. The second kappa shape index (κ2) is 3.55. The molecule has 0 aromatic heterocycles. The van der Waals surface area contributed by atoms with Crippen LogP contribution in [0.25, 0.3) is 0 Å². The third-order valence-electron chi connectivity index (χ3n) is 1.00. The lowest BCUT2D eigenvalue weighted by Crippen LogP contribution is -2.40. The summed E-state index contributed by atoms with van der Waals surface area (Å²) < 4.78 is 0. The number of ketones is 1. The molecule has 4 heteroatoms. The molecule has 0 aliphatic carbocycles. The van der Waals surface area contributed by atoms with E-state index in [1.54, 1.807) is 0 Å². The first-order valence-electron chi connectivity index (χ1n) is 2.77. The van der Waals surface area contributed by atoms with Crippen molar-refractivity contribution in [1.82, 2.24) is 0 Å². The van der Waals surface area contributed by atoms with Crippen molar-refractivity contribution < 1.29 is 9.90 Å². The Morgan fingerprint density at radius 3 is 2.33 bits per heavy atom. The molecule has 0 saturated heterocycles. The number of hydrogen-bond acceptors (Lipinski definition) is 4. The molecule has 0 saturated carbocycles. The number of hydrogen-bond donors (Lipinski definition) is 3. The summed E-state index contributed by atoms with van der Waals surface area (Å²) in [5.74, 6) is -0.405. The minimum absolute atomic E-state index is 0.0552. The number of Topliss-reactive ketones (excluding diaryl/α,β-unsaturated/α-hetero) is 1. The molecule has 0 aliphatic heterocycles. The van der Waals surface area contributed by atoms with Gasteiger partial charge in [0, 0.05) is 6.54 Å². The second-order valence-electron chi connectivity index (χ2n) is 1.94. The van der Waals surface area contributed by atoms with Crippen LogP contribution in [0.5, 0.6) is 0 Å². The van der Waals surface area contributed by atoms with Crippen molar-refractivity contribution in [3.63, 3.8) is 0 Å². The van der Waals surface area contributed by atoms with Gasteiger partial charge in [0.15, 0.2) is 5.78 Å². The number of rotatable bonds is 3. The maximum atomic E-state index is 10.6. The largest absolute Gasteiger partial charge is 0.384 e. The summed E-state index contributed by atoms with van der Waals surface area (Å²) in [5, 5.41) is 8.74. The number of nitrogens with two attached hydrogens (primary N) is 2. The molecule has 9 heavy (non-hydrogen) atoms. The summed E-state index contributed by atoms with van der Waals surface area (Å²) in [7, 11) is 0. The molecule has 0 heterocycles. The Bertz CT molecular complexity index is 103. The van der Waals surface area contributed by atoms with Gasteiger partial charge in [-0.15, -0.1) is 0 Å². The van der Waals surface area contributed by atoms with Crippen LogP contribution in [0.2, 0.25) is 0 Å². The van der Waals surface area contributed by atoms with E-state index in [4.69, 9.17) is 16.6 Å². The summed E-state index contributed by atoms with van der Waals surface area (Å²) in [5.41, 5.74) is 10.1. The molecular weight excluding hydrogens is 120 g/mol. The minimum Gasteiger partial charge on any atom is -0.384 e. The molecule has 2 unspecified atom stereocenters.